The highest BCUT2D eigenvalue weighted by molar-refractivity contribution is 7.89. The van der Waals surface area contributed by atoms with Crippen molar-refractivity contribution in [1.29, 1.82) is 0 Å². The molecule has 0 spiro atoms. The predicted molar refractivity (Wildman–Crippen MR) is 122 cm³/mol. The number of benzene rings is 2. The number of fused-ring (bicyclic) bond motifs is 1. The summed E-state index contributed by atoms with van der Waals surface area (Å²) in [6, 6.07) is 14.7. The van der Waals surface area contributed by atoms with Gasteiger partial charge >= 0.3 is 0 Å². The zero-order valence-electron chi connectivity index (χ0n) is 17.2. The lowest BCUT2D eigenvalue weighted by Gasteiger charge is -2.34. The number of anilines is 1. The van der Waals surface area contributed by atoms with Gasteiger partial charge in [-0.15, -0.1) is 0 Å². The van der Waals surface area contributed by atoms with Gasteiger partial charge in [-0.2, -0.15) is 13.1 Å². The minimum atomic E-state index is -3.66. The third-order valence-corrected chi connectivity index (χ3v) is 7.94. The summed E-state index contributed by atoms with van der Waals surface area (Å²) < 4.78 is 41.5. The Morgan fingerprint density at radius 1 is 0.969 bits per heavy atom. The molecule has 0 unspecified atom stereocenters. The molecule has 0 bridgehead atoms. The first-order valence-corrected chi connectivity index (χ1v) is 12.2. The van der Waals surface area contributed by atoms with E-state index in [-0.39, 0.29) is 4.90 Å². The molecule has 3 heterocycles. The Hall–Kier alpha value is -3.15. The molecule has 164 valence electrons. The molecule has 1 aliphatic rings. The fraction of sp³-hybridized carbons (Fsp3) is 0.238. The Morgan fingerprint density at radius 2 is 1.75 bits per heavy atom. The summed E-state index contributed by atoms with van der Waals surface area (Å²) >= 11 is 1.02. The number of piperazine rings is 1. The van der Waals surface area contributed by atoms with Crippen LogP contribution in [-0.2, 0) is 10.0 Å². The van der Waals surface area contributed by atoms with Crippen molar-refractivity contribution >= 4 is 38.6 Å². The molecule has 11 heteroatoms. The summed E-state index contributed by atoms with van der Waals surface area (Å²) in [5, 5.41) is 0. The number of rotatable bonds is 5. The average Bonchev–Trinajstić information content (AvgIpc) is 3.33. The first-order chi connectivity index (χ1) is 15.6. The Balaban J connectivity index is 1.33. The molecule has 2 aromatic carbocycles. The zero-order chi connectivity index (χ0) is 22.1. The normalized spacial score (nSPS) is 15.2. The molecule has 0 radical (unpaired) electrons. The van der Waals surface area contributed by atoms with Gasteiger partial charge in [0.15, 0.2) is 0 Å². The lowest BCUT2D eigenvalue weighted by Crippen LogP contribution is -2.49. The molecule has 9 nitrogen and oxygen atoms in total. The van der Waals surface area contributed by atoms with Crippen LogP contribution in [0.3, 0.4) is 0 Å². The van der Waals surface area contributed by atoms with E-state index in [9.17, 15) is 8.42 Å². The lowest BCUT2D eigenvalue weighted by atomic mass is 10.1. The maximum absolute atomic E-state index is 13.2. The number of methoxy groups -OCH3 is 1. The van der Waals surface area contributed by atoms with Gasteiger partial charge in [0.2, 0.25) is 10.0 Å². The molecule has 0 saturated carbocycles. The minimum absolute atomic E-state index is 0.209. The van der Waals surface area contributed by atoms with Crippen LogP contribution in [-0.4, -0.2) is 64.7 Å². The number of ether oxygens (including phenoxy) is 1. The highest BCUT2D eigenvalue weighted by Gasteiger charge is 2.31. The van der Waals surface area contributed by atoms with Crippen molar-refractivity contribution < 1.29 is 13.2 Å². The third kappa shape index (κ3) is 3.78. The lowest BCUT2D eigenvalue weighted by molar-refractivity contribution is 0.384. The van der Waals surface area contributed by atoms with Crippen molar-refractivity contribution in [2.75, 3.05) is 38.2 Å². The average molecular weight is 469 g/mol. The summed E-state index contributed by atoms with van der Waals surface area (Å²) in [6.45, 7) is 1.78. The van der Waals surface area contributed by atoms with E-state index < -0.39 is 10.0 Å². The fourth-order valence-corrected chi connectivity index (χ4v) is 5.90. The van der Waals surface area contributed by atoms with E-state index in [0.29, 0.717) is 37.2 Å². The molecule has 0 aliphatic carbocycles. The molecule has 1 aliphatic heterocycles. The van der Waals surface area contributed by atoms with Crippen LogP contribution in [0.15, 0.2) is 59.8 Å². The third-order valence-electron chi connectivity index (χ3n) is 5.47. The molecule has 1 saturated heterocycles. The van der Waals surface area contributed by atoms with Gasteiger partial charge in [-0.25, -0.2) is 18.4 Å². The second kappa shape index (κ2) is 8.41. The summed E-state index contributed by atoms with van der Waals surface area (Å²) in [5.74, 6) is 1.55. The van der Waals surface area contributed by atoms with Crippen LogP contribution in [0.5, 0.6) is 5.75 Å². The summed E-state index contributed by atoms with van der Waals surface area (Å²) in [6.07, 6.45) is 1.54. The standard InChI is InChI=1S/C21H20N6O3S2/c1-30-16-7-5-15(6-8-16)18-13-20(23-14-22-18)26-9-11-27(12-10-26)32(28,29)19-4-2-3-17-21(19)25-31-24-17/h2-8,13-14H,9-12H2,1H3. The van der Waals surface area contributed by atoms with E-state index in [1.807, 2.05) is 30.3 Å². The Bertz CT molecular complexity index is 1350. The van der Waals surface area contributed by atoms with Gasteiger partial charge in [-0.05, 0) is 36.4 Å². The van der Waals surface area contributed by atoms with Crippen molar-refractivity contribution in [2.24, 2.45) is 0 Å². The van der Waals surface area contributed by atoms with Gasteiger partial charge in [0.1, 0.15) is 33.8 Å². The monoisotopic (exact) mass is 468 g/mol. The molecule has 0 amide bonds. The molecule has 32 heavy (non-hydrogen) atoms. The smallest absolute Gasteiger partial charge is 0.245 e. The maximum Gasteiger partial charge on any atom is 0.245 e. The summed E-state index contributed by atoms with van der Waals surface area (Å²) in [7, 11) is -2.02. The SMILES string of the molecule is COc1ccc(-c2cc(N3CCN(S(=O)(=O)c4cccc5nsnc45)CC3)ncn2)cc1. The van der Waals surface area contributed by atoms with Crippen LogP contribution >= 0.6 is 11.7 Å². The van der Waals surface area contributed by atoms with Crippen LogP contribution in [0.2, 0.25) is 0 Å². The predicted octanol–water partition coefficient (Wildman–Crippen LogP) is 2.67. The summed E-state index contributed by atoms with van der Waals surface area (Å²) in [5.41, 5.74) is 2.79. The van der Waals surface area contributed by atoms with Crippen molar-refractivity contribution in [2.45, 2.75) is 4.90 Å². The second-order valence-corrected chi connectivity index (χ2v) is 9.70. The van der Waals surface area contributed by atoms with E-state index in [1.54, 1.807) is 25.3 Å². The molecule has 1 fully saturated rings. The van der Waals surface area contributed by atoms with Crippen molar-refractivity contribution in [3.8, 4) is 17.0 Å². The zero-order valence-corrected chi connectivity index (χ0v) is 18.9. The van der Waals surface area contributed by atoms with Gasteiger partial charge in [-0.3, -0.25) is 0 Å². The van der Waals surface area contributed by atoms with E-state index in [2.05, 4.69) is 23.6 Å². The molecule has 4 aromatic rings. The first kappa shape index (κ1) is 20.7. The topological polar surface area (TPSA) is 101 Å². The van der Waals surface area contributed by atoms with Crippen LogP contribution in [0, 0.1) is 0 Å². The number of aromatic nitrogens is 4. The number of hydrogen-bond acceptors (Lipinski definition) is 9. The molecule has 0 N–H and O–H groups in total. The molecule has 2 aromatic heterocycles. The van der Waals surface area contributed by atoms with E-state index in [4.69, 9.17) is 4.74 Å². The van der Waals surface area contributed by atoms with Gasteiger partial charge < -0.3 is 9.64 Å². The molecular weight excluding hydrogens is 448 g/mol. The van der Waals surface area contributed by atoms with Crippen molar-refractivity contribution in [1.82, 2.24) is 23.0 Å². The van der Waals surface area contributed by atoms with Crippen molar-refractivity contribution in [3.63, 3.8) is 0 Å². The molecule has 5 rings (SSSR count). The van der Waals surface area contributed by atoms with Gasteiger partial charge in [-0.1, -0.05) is 6.07 Å². The van der Waals surface area contributed by atoms with Crippen molar-refractivity contribution in [3.05, 3.63) is 54.9 Å². The number of sulfonamides is 1. The molecule has 0 atom stereocenters. The molecular formula is C21H20N6O3S2. The van der Waals surface area contributed by atoms with Crippen LogP contribution < -0.4 is 9.64 Å². The van der Waals surface area contributed by atoms with Crippen LogP contribution in [0.1, 0.15) is 0 Å². The first-order valence-electron chi connectivity index (χ1n) is 9.99. The Kier molecular flexibility index (Phi) is 5.45. The second-order valence-electron chi connectivity index (χ2n) is 7.27. The Labute approximate surface area is 189 Å². The highest BCUT2D eigenvalue weighted by Crippen LogP contribution is 2.27. The van der Waals surface area contributed by atoms with E-state index in [0.717, 1.165) is 34.6 Å². The summed E-state index contributed by atoms with van der Waals surface area (Å²) in [4.78, 5) is 11.1. The van der Waals surface area contributed by atoms with E-state index in [1.165, 1.54) is 10.6 Å². The van der Waals surface area contributed by atoms with Gasteiger partial charge in [0.25, 0.3) is 0 Å². The van der Waals surface area contributed by atoms with Crippen LogP contribution in [0.4, 0.5) is 5.82 Å². The minimum Gasteiger partial charge on any atom is -0.497 e. The van der Waals surface area contributed by atoms with Gasteiger partial charge in [0.05, 0.1) is 24.5 Å². The Morgan fingerprint density at radius 3 is 2.50 bits per heavy atom. The maximum atomic E-state index is 13.2. The van der Waals surface area contributed by atoms with Gasteiger partial charge in [0, 0.05) is 37.8 Å². The number of hydrogen-bond donors (Lipinski definition) is 0. The highest BCUT2D eigenvalue weighted by atomic mass is 32.2. The largest absolute Gasteiger partial charge is 0.497 e. The van der Waals surface area contributed by atoms with E-state index >= 15 is 0 Å². The number of nitrogens with zero attached hydrogens (tertiary/aromatic N) is 6. The van der Waals surface area contributed by atoms with Crippen LogP contribution in [0.25, 0.3) is 22.3 Å². The fourth-order valence-electron chi connectivity index (χ4n) is 3.73. The quantitative estimate of drug-likeness (QED) is 0.441.